The van der Waals surface area contributed by atoms with Gasteiger partial charge in [0.25, 0.3) is 0 Å². The number of ether oxygens (including phenoxy) is 2. The van der Waals surface area contributed by atoms with Crippen LogP contribution in [0, 0.1) is 0 Å². The molecule has 0 aromatic carbocycles. The summed E-state index contributed by atoms with van der Waals surface area (Å²) in [6, 6.07) is -3.24. The van der Waals surface area contributed by atoms with Crippen molar-refractivity contribution in [2.24, 2.45) is 5.73 Å². The van der Waals surface area contributed by atoms with Crippen LogP contribution in [0.1, 0.15) is 6.42 Å². The molecule has 0 spiro atoms. The zero-order valence-corrected chi connectivity index (χ0v) is 11.4. The third-order valence-electron chi connectivity index (χ3n) is 2.91. The molecule has 1 aliphatic rings. The average molecular weight is 303 g/mol. The van der Waals surface area contributed by atoms with E-state index in [0.717, 1.165) is 12.0 Å². The van der Waals surface area contributed by atoms with Gasteiger partial charge in [-0.15, -0.1) is 0 Å². The van der Waals surface area contributed by atoms with Gasteiger partial charge in [-0.05, 0) is 0 Å². The fourth-order valence-electron chi connectivity index (χ4n) is 1.76. The van der Waals surface area contributed by atoms with Crippen LogP contribution in [-0.2, 0) is 23.9 Å². The number of amides is 3. The van der Waals surface area contributed by atoms with E-state index in [9.17, 15) is 19.2 Å². The van der Waals surface area contributed by atoms with E-state index < -0.39 is 42.4 Å². The number of carboxylic acid groups (broad SMARTS) is 1. The highest BCUT2D eigenvalue weighted by molar-refractivity contribution is 5.89. The molecule has 21 heavy (non-hydrogen) atoms. The molecular formula is C11H17N3O7. The second-order valence-electron chi connectivity index (χ2n) is 4.31. The third kappa shape index (κ3) is 4.60. The highest BCUT2D eigenvalue weighted by Gasteiger charge is 2.34. The van der Waals surface area contributed by atoms with Crippen LogP contribution in [-0.4, -0.2) is 72.8 Å². The first-order valence-electron chi connectivity index (χ1n) is 6.10. The monoisotopic (exact) mass is 303 g/mol. The van der Waals surface area contributed by atoms with Gasteiger partial charge in [-0.2, -0.15) is 0 Å². The van der Waals surface area contributed by atoms with Crippen LogP contribution in [0.5, 0.6) is 0 Å². The van der Waals surface area contributed by atoms with Crippen molar-refractivity contribution in [2.75, 3.05) is 26.9 Å². The van der Waals surface area contributed by atoms with Crippen molar-refractivity contribution >= 4 is 23.9 Å². The van der Waals surface area contributed by atoms with E-state index in [2.05, 4.69) is 10.1 Å². The zero-order chi connectivity index (χ0) is 16.0. The molecule has 0 aromatic rings. The maximum Gasteiger partial charge on any atom is 0.326 e. The minimum absolute atomic E-state index is 0.0580. The lowest BCUT2D eigenvalue weighted by Gasteiger charge is -2.34. The smallest absolute Gasteiger partial charge is 0.326 e. The van der Waals surface area contributed by atoms with Crippen molar-refractivity contribution in [1.29, 1.82) is 0 Å². The molecule has 1 aliphatic heterocycles. The number of urea groups is 1. The molecule has 0 radical (unpaired) electrons. The van der Waals surface area contributed by atoms with Gasteiger partial charge in [0.2, 0.25) is 5.91 Å². The molecular weight excluding hydrogens is 286 g/mol. The van der Waals surface area contributed by atoms with Gasteiger partial charge in [-0.1, -0.05) is 0 Å². The van der Waals surface area contributed by atoms with Crippen molar-refractivity contribution in [3.63, 3.8) is 0 Å². The molecule has 0 bridgehead atoms. The number of hydrogen-bond acceptors (Lipinski definition) is 6. The van der Waals surface area contributed by atoms with Crippen molar-refractivity contribution in [3.05, 3.63) is 0 Å². The Morgan fingerprint density at radius 1 is 1.48 bits per heavy atom. The average Bonchev–Trinajstić information content (AvgIpc) is 2.45. The highest BCUT2D eigenvalue weighted by Crippen LogP contribution is 2.08. The zero-order valence-electron chi connectivity index (χ0n) is 11.4. The fraction of sp³-hybridized carbons (Fsp3) is 0.636. The summed E-state index contributed by atoms with van der Waals surface area (Å²) in [5, 5.41) is 11.1. The number of esters is 1. The molecule has 1 unspecified atom stereocenters. The molecule has 1 heterocycles. The van der Waals surface area contributed by atoms with Crippen LogP contribution in [0.2, 0.25) is 0 Å². The first-order valence-corrected chi connectivity index (χ1v) is 6.10. The first kappa shape index (κ1) is 16.7. The molecule has 4 N–H and O–H groups in total. The Bertz CT molecular complexity index is 440. The molecule has 10 nitrogen and oxygen atoms in total. The second kappa shape index (κ2) is 7.43. The normalized spacial score (nSPS) is 19.5. The Morgan fingerprint density at radius 3 is 2.67 bits per heavy atom. The quantitative estimate of drug-likeness (QED) is 0.492. The van der Waals surface area contributed by atoms with Crippen LogP contribution >= 0.6 is 0 Å². The Labute approximate surface area is 120 Å². The summed E-state index contributed by atoms with van der Waals surface area (Å²) >= 11 is 0. The summed E-state index contributed by atoms with van der Waals surface area (Å²) in [5.74, 6) is -2.93. The number of carbonyl (C=O) groups excluding carboxylic acids is 3. The van der Waals surface area contributed by atoms with Crippen LogP contribution in [0.15, 0.2) is 0 Å². The van der Waals surface area contributed by atoms with Gasteiger partial charge in [0.05, 0.1) is 26.7 Å². The number of nitrogens with one attached hydrogen (secondary N) is 1. The summed E-state index contributed by atoms with van der Waals surface area (Å²) in [6.07, 6.45) is -0.525. The molecule has 1 saturated heterocycles. The van der Waals surface area contributed by atoms with Gasteiger partial charge in [0, 0.05) is 6.54 Å². The van der Waals surface area contributed by atoms with Crippen molar-refractivity contribution in [3.8, 4) is 0 Å². The summed E-state index contributed by atoms with van der Waals surface area (Å²) in [6.45, 7) is 0.230. The van der Waals surface area contributed by atoms with Crippen LogP contribution in [0.25, 0.3) is 0 Å². The van der Waals surface area contributed by atoms with Gasteiger partial charge in [0.1, 0.15) is 12.1 Å². The molecule has 0 saturated carbocycles. The van der Waals surface area contributed by atoms with Crippen molar-refractivity contribution < 1.29 is 33.8 Å². The maximum atomic E-state index is 12.0. The Morgan fingerprint density at radius 2 is 2.14 bits per heavy atom. The number of carbonyl (C=O) groups is 4. The number of nitrogens with zero attached hydrogens (tertiary/aromatic N) is 1. The van der Waals surface area contributed by atoms with Crippen molar-refractivity contribution in [1.82, 2.24) is 10.2 Å². The van der Waals surface area contributed by atoms with E-state index in [0.29, 0.717) is 0 Å². The summed E-state index contributed by atoms with van der Waals surface area (Å²) in [7, 11) is 1.11. The molecule has 0 aromatic heterocycles. The van der Waals surface area contributed by atoms with E-state index in [-0.39, 0.29) is 19.8 Å². The van der Waals surface area contributed by atoms with Crippen LogP contribution < -0.4 is 11.1 Å². The predicted octanol–water partition coefficient (Wildman–Crippen LogP) is -2.10. The lowest BCUT2D eigenvalue weighted by molar-refractivity contribution is -0.147. The summed E-state index contributed by atoms with van der Waals surface area (Å²) in [5.41, 5.74) is 5.16. The molecule has 0 aliphatic carbocycles. The van der Waals surface area contributed by atoms with E-state index in [1.165, 1.54) is 0 Å². The summed E-state index contributed by atoms with van der Waals surface area (Å²) in [4.78, 5) is 46.5. The van der Waals surface area contributed by atoms with Gasteiger partial charge < -0.3 is 30.5 Å². The van der Waals surface area contributed by atoms with Gasteiger partial charge >= 0.3 is 18.0 Å². The van der Waals surface area contributed by atoms with E-state index in [4.69, 9.17) is 15.6 Å². The minimum Gasteiger partial charge on any atom is -0.480 e. The molecule has 2 atom stereocenters. The molecule has 10 heteroatoms. The number of rotatable bonds is 5. The Hall–Kier alpha value is -2.36. The molecule has 118 valence electrons. The highest BCUT2D eigenvalue weighted by atomic mass is 16.5. The maximum absolute atomic E-state index is 12.0. The number of aliphatic carboxylic acids is 1. The van der Waals surface area contributed by atoms with Crippen molar-refractivity contribution in [2.45, 2.75) is 18.5 Å². The number of morpholine rings is 1. The van der Waals surface area contributed by atoms with E-state index in [1.807, 2.05) is 0 Å². The molecule has 3 amide bonds. The Balaban J connectivity index is 2.73. The van der Waals surface area contributed by atoms with Crippen LogP contribution in [0.3, 0.4) is 0 Å². The summed E-state index contributed by atoms with van der Waals surface area (Å²) < 4.78 is 9.40. The number of nitrogens with two attached hydrogens (primary N) is 1. The van der Waals surface area contributed by atoms with E-state index >= 15 is 0 Å². The lowest BCUT2D eigenvalue weighted by atomic mass is 10.2. The van der Waals surface area contributed by atoms with Gasteiger partial charge in [-0.25, -0.2) is 9.59 Å². The number of methoxy groups -OCH3 is 1. The van der Waals surface area contributed by atoms with Crippen LogP contribution in [0.4, 0.5) is 4.79 Å². The molecule has 1 rings (SSSR count). The fourth-order valence-corrected chi connectivity index (χ4v) is 1.76. The molecule has 1 fully saturated rings. The van der Waals surface area contributed by atoms with Gasteiger partial charge in [-0.3, -0.25) is 9.59 Å². The number of carboxylic acids is 1. The number of hydrogen-bond donors (Lipinski definition) is 3. The number of primary amides is 1. The largest absolute Gasteiger partial charge is 0.480 e. The Kier molecular flexibility index (Phi) is 5.91. The first-order chi connectivity index (χ1) is 9.86. The SMILES string of the molecule is COC(=O)C[C@H](NC(=O)N1CCOCC1C(N)=O)C(=O)O. The lowest BCUT2D eigenvalue weighted by Crippen LogP contribution is -2.59. The topological polar surface area (TPSA) is 148 Å². The minimum atomic E-state index is -1.46. The third-order valence-corrected chi connectivity index (χ3v) is 2.91. The predicted molar refractivity (Wildman–Crippen MR) is 67.1 cm³/mol. The van der Waals surface area contributed by atoms with Gasteiger partial charge in [0.15, 0.2) is 0 Å². The second-order valence-corrected chi connectivity index (χ2v) is 4.31. The standard InChI is InChI=1S/C11H17N3O7/c1-20-8(15)4-6(10(17)18)13-11(19)14-2-3-21-5-7(14)9(12)16/h6-7H,2-5H2,1H3,(H2,12,16)(H,13,19)(H,17,18)/t6-,7?/m0/s1. The van der Waals surface area contributed by atoms with E-state index in [1.54, 1.807) is 0 Å².